The van der Waals surface area contributed by atoms with Crippen molar-refractivity contribution in [2.75, 3.05) is 11.6 Å². The number of aryl methyl sites for hydroxylation is 1. The highest BCUT2D eigenvalue weighted by atomic mass is 32.2. The van der Waals surface area contributed by atoms with Crippen LogP contribution < -0.4 is 5.32 Å². The molecule has 0 spiro atoms. The number of hydrogen-bond donors (Lipinski definition) is 1. The molecule has 1 heterocycles. The molecular weight excluding hydrogens is 490 g/mol. The summed E-state index contributed by atoms with van der Waals surface area (Å²) in [6, 6.07) is 22.1. The van der Waals surface area contributed by atoms with Crippen molar-refractivity contribution in [3.63, 3.8) is 0 Å². The lowest BCUT2D eigenvalue weighted by atomic mass is 9.98. The molecule has 0 radical (unpaired) electrons. The number of benzene rings is 3. The van der Waals surface area contributed by atoms with E-state index in [1.54, 1.807) is 36.7 Å². The van der Waals surface area contributed by atoms with Gasteiger partial charge in [0.25, 0.3) is 0 Å². The van der Waals surface area contributed by atoms with Crippen molar-refractivity contribution in [2.24, 2.45) is 0 Å². The highest BCUT2D eigenvalue weighted by Gasteiger charge is 2.12. The second kappa shape index (κ2) is 11.5. The third-order valence-corrected chi connectivity index (χ3v) is 6.86. The summed E-state index contributed by atoms with van der Waals surface area (Å²) in [7, 11) is -3.26. The molecule has 0 fully saturated rings. The van der Waals surface area contributed by atoms with Crippen LogP contribution >= 0.6 is 13.5 Å². The van der Waals surface area contributed by atoms with Gasteiger partial charge in [-0.3, -0.25) is 9.78 Å². The fourth-order valence-electron chi connectivity index (χ4n) is 3.83. The minimum Gasteiger partial charge on any atom is -0.362 e. The molecule has 0 aliphatic carbocycles. The topological polar surface area (TPSA) is 89.0 Å². The Morgan fingerprint density at radius 1 is 0.972 bits per heavy atom. The number of hydrogen-bond acceptors (Lipinski definition) is 6. The van der Waals surface area contributed by atoms with Crippen LogP contribution in [0.4, 0.5) is 5.82 Å². The van der Waals surface area contributed by atoms with Gasteiger partial charge in [0.2, 0.25) is 0 Å². The fraction of sp³-hybridized carbons (Fsp3) is 0.179. The molecule has 8 heteroatoms. The Morgan fingerprint density at radius 3 is 2.39 bits per heavy atom. The number of nitrogens with zero attached hydrogens (tertiary/aromatic N) is 2. The van der Waals surface area contributed by atoms with E-state index in [2.05, 4.69) is 15.3 Å². The van der Waals surface area contributed by atoms with Gasteiger partial charge >= 0.3 is 0 Å². The van der Waals surface area contributed by atoms with Crippen LogP contribution in [-0.4, -0.2) is 30.4 Å². The van der Waals surface area contributed by atoms with E-state index in [-0.39, 0.29) is 30.2 Å². The van der Waals surface area contributed by atoms with Gasteiger partial charge in [-0.2, -0.15) is 13.5 Å². The molecule has 6 nitrogen and oxygen atoms in total. The molecule has 1 N–H and O–H groups in total. The molecule has 1 aromatic heterocycles. The number of ketones is 1. The quantitative estimate of drug-likeness (QED) is 0.306. The first-order valence-corrected chi connectivity index (χ1v) is 13.2. The van der Waals surface area contributed by atoms with Gasteiger partial charge in [-0.1, -0.05) is 60.2 Å². The molecule has 36 heavy (non-hydrogen) atoms. The molecular formula is C28H29N3O3S2. The third-order valence-electron chi connectivity index (χ3n) is 5.73. The molecule has 0 bridgehead atoms. The SMILES string of the molecule is Cc1cccc(C(=O)Cc2cccc([C@H](C)Nc3cncc(-c4ccc(S(C)(=O)=O)cc4)n3)c2)c1.S. The van der Waals surface area contributed by atoms with Gasteiger partial charge in [-0.15, -0.1) is 0 Å². The summed E-state index contributed by atoms with van der Waals surface area (Å²) in [5, 5.41) is 3.37. The molecule has 0 saturated carbocycles. The van der Waals surface area contributed by atoms with Crippen molar-refractivity contribution in [3.05, 3.63) is 107 Å². The fourth-order valence-corrected chi connectivity index (χ4v) is 4.46. The molecule has 0 aliphatic heterocycles. The van der Waals surface area contributed by atoms with Crippen LogP contribution in [0.25, 0.3) is 11.3 Å². The van der Waals surface area contributed by atoms with Gasteiger partial charge in [-0.25, -0.2) is 13.4 Å². The Bertz CT molecular complexity index is 1470. The number of sulfone groups is 1. The maximum absolute atomic E-state index is 12.7. The number of Topliss-reactive ketones (excluding diaryl/α,β-unsaturated/α-hetero) is 1. The van der Waals surface area contributed by atoms with Gasteiger partial charge in [0.05, 0.1) is 29.0 Å². The van der Waals surface area contributed by atoms with E-state index in [0.29, 0.717) is 17.9 Å². The lowest BCUT2D eigenvalue weighted by Crippen LogP contribution is -2.10. The van der Waals surface area contributed by atoms with E-state index in [1.165, 1.54) is 6.26 Å². The Balaban J connectivity index is 0.00000361. The Kier molecular flexibility index (Phi) is 8.66. The molecule has 0 unspecified atom stereocenters. The average Bonchev–Trinajstić information content (AvgIpc) is 2.84. The van der Waals surface area contributed by atoms with E-state index in [0.717, 1.165) is 27.8 Å². The maximum atomic E-state index is 12.7. The third kappa shape index (κ3) is 6.80. The number of carbonyl (C=O) groups excluding carboxylic acids is 1. The van der Waals surface area contributed by atoms with Gasteiger partial charge < -0.3 is 5.32 Å². The Morgan fingerprint density at radius 2 is 1.69 bits per heavy atom. The van der Waals surface area contributed by atoms with Crippen molar-refractivity contribution < 1.29 is 13.2 Å². The molecule has 0 amide bonds. The van der Waals surface area contributed by atoms with E-state index in [1.807, 2.05) is 62.4 Å². The average molecular weight is 520 g/mol. The second-order valence-electron chi connectivity index (χ2n) is 8.67. The van der Waals surface area contributed by atoms with Crippen LogP contribution in [0.5, 0.6) is 0 Å². The van der Waals surface area contributed by atoms with Crippen molar-refractivity contribution in [3.8, 4) is 11.3 Å². The van der Waals surface area contributed by atoms with Crippen LogP contribution in [0.1, 0.15) is 40.0 Å². The van der Waals surface area contributed by atoms with Crippen LogP contribution in [0.3, 0.4) is 0 Å². The summed E-state index contributed by atoms with van der Waals surface area (Å²) in [6.45, 7) is 4.00. The largest absolute Gasteiger partial charge is 0.362 e. The zero-order chi connectivity index (χ0) is 25.0. The second-order valence-corrected chi connectivity index (χ2v) is 10.7. The highest BCUT2D eigenvalue weighted by molar-refractivity contribution is 7.90. The number of anilines is 1. The summed E-state index contributed by atoms with van der Waals surface area (Å²) in [4.78, 5) is 21.9. The molecule has 3 aromatic carbocycles. The van der Waals surface area contributed by atoms with Crippen molar-refractivity contribution >= 4 is 34.9 Å². The molecule has 186 valence electrons. The van der Waals surface area contributed by atoms with Gasteiger partial charge in [0.1, 0.15) is 5.82 Å². The number of aromatic nitrogens is 2. The minimum absolute atomic E-state index is 0. The number of nitrogens with one attached hydrogen (secondary N) is 1. The van der Waals surface area contributed by atoms with Gasteiger partial charge in [0, 0.05) is 23.8 Å². The van der Waals surface area contributed by atoms with Crippen LogP contribution in [0.2, 0.25) is 0 Å². The lowest BCUT2D eigenvalue weighted by molar-refractivity contribution is 0.0993. The summed E-state index contributed by atoms with van der Waals surface area (Å²) in [6.07, 6.45) is 4.81. The van der Waals surface area contributed by atoms with Gasteiger partial charge in [0.15, 0.2) is 15.6 Å². The molecule has 0 saturated heterocycles. The zero-order valence-corrected chi connectivity index (χ0v) is 22.2. The first-order chi connectivity index (χ1) is 16.7. The summed E-state index contributed by atoms with van der Waals surface area (Å²) in [5.41, 5.74) is 5.19. The zero-order valence-electron chi connectivity index (χ0n) is 20.4. The Hall–Kier alpha value is -3.49. The summed E-state index contributed by atoms with van der Waals surface area (Å²) < 4.78 is 23.4. The van der Waals surface area contributed by atoms with E-state index < -0.39 is 9.84 Å². The molecule has 4 rings (SSSR count). The molecule has 1 atom stereocenters. The molecule has 0 aliphatic rings. The Labute approximate surface area is 219 Å². The van der Waals surface area contributed by atoms with E-state index in [9.17, 15) is 13.2 Å². The van der Waals surface area contributed by atoms with E-state index in [4.69, 9.17) is 0 Å². The minimum atomic E-state index is -3.26. The lowest BCUT2D eigenvalue weighted by Gasteiger charge is -2.16. The predicted octanol–water partition coefficient (Wildman–Crippen LogP) is 5.57. The smallest absolute Gasteiger partial charge is 0.175 e. The van der Waals surface area contributed by atoms with Crippen molar-refractivity contribution in [2.45, 2.75) is 31.2 Å². The summed E-state index contributed by atoms with van der Waals surface area (Å²) in [5.74, 6) is 0.690. The highest BCUT2D eigenvalue weighted by Crippen LogP contribution is 2.23. The monoisotopic (exact) mass is 519 g/mol. The maximum Gasteiger partial charge on any atom is 0.175 e. The van der Waals surface area contributed by atoms with Crippen molar-refractivity contribution in [1.82, 2.24) is 9.97 Å². The van der Waals surface area contributed by atoms with Gasteiger partial charge in [-0.05, 0) is 43.2 Å². The van der Waals surface area contributed by atoms with Crippen LogP contribution in [0, 0.1) is 6.92 Å². The standard InChI is InChI=1S/C28H27N3O3S.H2S/c1-19-6-4-9-24(14-19)27(32)16-21-7-5-8-23(15-21)20(2)30-28-18-29-17-26(31-28)22-10-12-25(13-11-22)35(3,33)34;/h4-15,17-18,20H,16H2,1-3H3,(H,30,31);1H2/t20-;/m0./s1. The number of carbonyl (C=O) groups is 1. The van der Waals surface area contributed by atoms with Crippen LogP contribution in [0.15, 0.2) is 90.1 Å². The summed E-state index contributed by atoms with van der Waals surface area (Å²) >= 11 is 0. The van der Waals surface area contributed by atoms with Crippen molar-refractivity contribution in [1.29, 1.82) is 0 Å². The first kappa shape index (κ1) is 27.1. The van der Waals surface area contributed by atoms with E-state index >= 15 is 0 Å². The normalized spacial score (nSPS) is 11.9. The molecule has 4 aromatic rings. The van der Waals surface area contributed by atoms with Crippen LogP contribution in [-0.2, 0) is 16.3 Å². The predicted molar refractivity (Wildman–Crippen MR) is 149 cm³/mol. The number of rotatable bonds is 8. The first-order valence-electron chi connectivity index (χ1n) is 11.3.